The van der Waals surface area contributed by atoms with Crippen LogP contribution in [0.25, 0.3) is 21.9 Å². The van der Waals surface area contributed by atoms with Crippen LogP contribution in [-0.2, 0) is 0 Å². The van der Waals surface area contributed by atoms with Gasteiger partial charge in [-0.25, -0.2) is 0 Å². The van der Waals surface area contributed by atoms with E-state index in [1.165, 1.54) is 0 Å². The van der Waals surface area contributed by atoms with Crippen molar-refractivity contribution in [2.24, 2.45) is 0 Å². The second kappa shape index (κ2) is 4.88. The summed E-state index contributed by atoms with van der Waals surface area (Å²) in [6.07, 6.45) is 0. The van der Waals surface area contributed by atoms with Gasteiger partial charge in [0, 0.05) is 15.4 Å². The Labute approximate surface area is 128 Å². The van der Waals surface area contributed by atoms with E-state index in [1.54, 1.807) is 18.2 Å². The summed E-state index contributed by atoms with van der Waals surface area (Å²) < 4.78 is 32.2. The van der Waals surface area contributed by atoms with Crippen molar-refractivity contribution in [1.82, 2.24) is 0 Å². The Balaban J connectivity index is 2.54. The summed E-state index contributed by atoms with van der Waals surface area (Å²) in [6, 6.07) is 8.14. The Morgan fingerprint density at radius 1 is 0.947 bits per heavy atom. The molecule has 0 spiro atoms. The molecule has 0 N–H and O–H groups in total. The highest BCUT2D eigenvalue weighted by molar-refractivity contribution is 6.36. The minimum absolute atomic E-state index is 0.0865. The molecule has 0 aromatic heterocycles. The van der Waals surface area contributed by atoms with E-state index in [2.05, 4.69) is 0 Å². The van der Waals surface area contributed by atoms with Crippen molar-refractivity contribution in [3.05, 3.63) is 70.1 Å². The molecule has 0 aliphatic heterocycles. The molecule has 19 heavy (non-hydrogen) atoms. The van der Waals surface area contributed by atoms with Crippen LogP contribution in [0.3, 0.4) is 0 Å². The lowest BCUT2D eigenvalue weighted by atomic mass is 9.94. The van der Waals surface area contributed by atoms with Gasteiger partial charge < -0.3 is 0 Å². The molecular weight excluding hydrogens is 275 g/mol. The second-order valence-electron chi connectivity index (χ2n) is 4.31. The normalized spacial score (nSPS) is 13.8. The smallest absolute Gasteiger partial charge is 0.0630 e. The molecule has 3 aromatic rings. The van der Waals surface area contributed by atoms with Gasteiger partial charge in [0.2, 0.25) is 0 Å². The zero-order chi connectivity index (χ0) is 16.9. The number of rotatable bonds is 1. The Hall–Kier alpha value is -1.50. The van der Waals surface area contributed by atoms with Crippen LogP contribution in [0.4, 0.5) is 0 Å². The van der Waals surface area contributed by atoms with Crippen molar-refractivity contribution in [3.8, 4) is 11.1 Å². The van der Waals surface area contributed by atoms with E-state index in [-0.39, 0.29) is 24.2 Å². The van der Waals surface area contributed by atoms with E-state index in [1.807, 2.05) is 19.1 Å². The van der Waals surface area contributed by atoms with E-state index >= 15 is 0 Å². The van der Waals surface area contributed by atoms with Crippen LogP contribution in [0.2, 0.25) is 10.0 Å². The fraction of sp³-hybridized carbons (Fsp3) is 0.0588. The van der Waals surface area contributed by atoms with Gasteiger partial charge in [0.05, 0.1) is 5.48 Å². The summed E-state index contributed by atoms with van der Waals surface area (Å²) in [5, 5.41) is 1.70. The highest BCUT2D eigenvalue weighted by Gasteiger charge is 2.10. The monoisotopic (exact) mass is 290 g/mol. The largest absolute Gasteiger partial charge is 0.0843 e. The number of hydrogen-bond donors (Lipinski definition) is 0. The molecule has 0 aliphatic carbocycles. The Morgan fingerprint density at radius 2 is 1.58 bits per heavy atom. The van der Waals surface area contributed by atoms with Crippen LogP contribution < -0.4 is 0 Å². The van der Waals surface area contributed by atoms with Gasteiger partial charge in [0.25, 0.3) is 0 Å². The molecule has 0 fully saturated rings. The summed E-state index contributed by atoms with van der Waals surface area (Å²) in [5.41, 5.74) is 2.42. The average Bonchev–Trinajstić information content (AvgIpc) is 2.51. The zero-order valence-electron chi connectivity index (χ0n) is 14.1. The summed E-state index contributed by atoms with van der Waals surface area (Å²) in [6.45, 7) is 1.87. The fourth-order valence-electron chi connectivity index (χ4n) is 2.20. The quantitative estimate of drug-likeness (QED) is 0.506. The molecule has 0 heterocycles. The van der Waals surface area contributed by atoms with E-state index in [0.717, 1.165) is 16.7 Å². The summed E-state index contributed by atoms with van der Waals surface area (Å²) in [4.78, 5) is 0. The maximum atomic E-state index is 8.28. The molecule has 0 radical (unpaired) electrons. The van der Waals surface area contributed by atoms with Crippen LogP contribution in [0.15, 0.2) is 54.5 Å². The number of aryl methyl sites for hydroxylation is 1. The van der Waals surface area contributed by atoms with E-state index < -0.39 is 0 Å². The third kappa shape index (κ3) is 2.22. The lowest BCUT2D eigenvalue weighted by Crippen LogP contribution is -1.87. The van der Waals surface area contributed by atoms with Gasteiger partial charge in [-0.15, -0.1) is 0 Å². The van der Waals surface area contributed by atoms with Crippen LogP contribution in [0.1, 0.15) is 11.0 Å². The first kappa shape index (κ1) is 8.63. The lowest BCUT2D eigenvalue weighted by Gasteiger charge is -2.12. The third-order valence-corrected chi connectivity index (χ3v) is 3.60. The van der Waals surface area contributed by atoms with Gasteiger partial charge in [-0.1, -0.05) is 59.5 Å². The molecule has 0 amide bonds. The summed E-state index contributed by atoms with van der Waals surface area (Å²) in [7, 11) is 0. The van der Waals surface area contributed by atoms with Crippen LogP contribution in [0, 0.1) is 6.92 Å². The second-order valence-corrected chi connectivity index (χ2v) is 5.15. The molecule has 3 aromatic carbocycles. The standard InChI is InChI=1S/C17H12Cl2/c1-11-10-16(19)14-4-2-3-5-15(14)17(11)12-6-8-13(18)9-7-12/h2-10H,1H3/i2D,3D,4D,5D. The first-order chi connectivity index (χ1) is 10.8. The topological polar surface area (TPSA) is 0 Å². The van der Waals surface area contributed by atoms with Gasteiger partial charge in [-0.2, -0.15) is 0 Å². The molecule has 0 saturated carbocycles. The SMILES string of the molecule is [2H]c1c([2H])c([2H])c2c(-c3ccc(Cl)cc3)c(C)cc(Cl)c2c1[2H]. The molecule has 2 heteroatoms. The first-order valence-electron chi connectivity index (χ1n) is 7.78. The third-order valence-electron chi connectivity index (χ3n) is 3.05. The highest BCUT2D eigenvalue weighted by atomic mass is 35.5. The first-order valence-corrected chi connectivity index (χ1v) is 6.53. The maximum Gasteiger partial charge on any atom is 0.0630 e. The van der Waals surface area contributed by atoms with Crippen molar-refractivity contribution in [1.29, 1.82) is 0 Å². The minimum atomic E-state index is -0.282. The Kier molecular flexibility index (Phi) is 2.22. The van der Waals surface area contributed by atoms with Crippen molar-refractivity contribution in [2.45, 2.75) is 6.92 Å². The van der Waals surface area contributed by atoms with Crippen LogP contribution in [0.5, 0.6) is 0 Å². The minimum Gasteiger partial charge on any atom is -0.0843 e. The molecule has 0 saturated heterocycles. The molecule has 0 bridgehead atoms. The fourth-order valence-corrected chi connectivity index (χ4v) is 2.63. The molecule has 3 rings (SSSR count). The molecule has 0 nitrogen and oxygen atoms in total. The highest BCUT2D eigenvalue weighted by Crippen LogP contribution is 2.36. The molecular formula is C17H12Cl2. The number of benzene rings is 3. The Bertz CT molecular complexity index is 934. The van der Waals surface area contributed by atoms with Gasteiger partial charge >= 0.3 is 0 Å². The Morgan fingerprint density at radius 3 is 2.26 bits per heavy atom. The number of fused-ring (bicyclic) bond motifs is 1. The van der Waals surface area contributed by atoms with Crippen molar-refractivity contribution < 1.29 is 5.48 Å². The summed E-state index contributed by atoms with van der Waals surface area (Å²) >= 11 is 12.2. The summed E-state index contributed by atoms with van der Waals surface area (Å²) in [5.74, 6) is 0. The van der Waals surface area contributed by atoms with Gasteiger partial charge in [0.1, 0.15) is 0 Å². The van der Waals surface area contributed by atoms with Crippen molar-refractivity contribution >= 4 is 34.0 Å². The van der Waals surface area contributed by atoms with E-state index in [0.29, 0.717) is 20.8 Å². The van der Waals surface area contributed by atoms with E-state index in [4.69, 9.17) is 28.7 Å². The molecule has 0 unspecified atom stereocenters. The number of hydrogen-bond acceptors (Lipinski definition) is 0. The average molecular weight is 291 g/mol. The van der Waals surface area contributed by atoms with Crippen molar-refractivity contribution in [3.63, 3.8) is 0 Å². The zero-order valence-corrected chi connectivity index (χ0v) is 11.7. The predicted octanol–water partition coefficient (Wildman–Crippen LogP) is 6.12. The molecule has 0 aliphatic rings. The van der Waals surface area contributed by atoms with Crippen molar-refractivity contribution in [2.75, 3.05) is 0 Å². The van der Waals surface area contributed by atoms with E-state index in [9.17, 15) is 0 Å². The lowest BCUT2D eigenvalue weighted by molar-refractivity contribution is 1.49. The van der Waals surface area contributed by atoms with Crippen LogP contribution >= 0.6 is 23.2 Å². The molecule has 94 valence electrons. The van der Waals surface area contributed by atoms with Gasteiger partial charge in [-0.3, -0.25) is 0 Å². The van der Waals surface area contributed by atoms with Crippen LogP contribution in [-0.4, -0.2) is 0 Å². The predicted molar refractivity (Wildman–Crippen MR) is 84.1 cm³/mol. The maximum absolute atomic E-state index is 8.28. The van der Waals surface area contributed by atoms with Gasteiger partial charge in [0.15, 0.2) is 0 Å². The molecule has 0 atom stereocenters. The number of halogens is 2. The van der Waals surface area contributed by atoms with Gasteiger partial charge in [-0.05, 0) is 47.2 Å².